The molecule has 0 saturated carbocycles. The van der Waals surface area contributed by atoms with E-state index in [0.29, 0.717) is 28.2 Å². The topological polar surface area (TPSA) is 97.6 Å². The molecule has 3 aromatic rings. The number of carbonyl (C=O) groups is 1. The summed E-state index contributed by atoms with van der Waals surface area (Å²) in [5.74, 6) is 1.11. The average Bonchev–Trinajstić information content (AvgIpc) is 2.95. The Bertz CT molecular complexity index is 876. The van der Waals surface area contributed by atoms with Gasteiger partial charge in [-0.1, -0.05) is 16.8 Å². The van der Waals surface area contributed by atoms with Gasteiger partial charge in [0.25, 0.3) is 5.91 Å². The molecule has 0 aliphatic carbocycles. The molecular weight excluding hydrogens is 330 g/mol. The maximum Gasteiger partial charge on any atom is 0.276 e. The molecule has 24 heavy (non-hydrogen) atoms. The number of anilines is 3. The van der Waals surface area contributed by atoms with E-state index in [1.54, 1.807) is 32.2 Å². The van der Waals surface area contributed by atoms with Crippen LogP contribution in [0.4, 0.5) is 17.3 Å². The van der Waals surface area contributed by atoms with Crippen LogP contribution in [0, 0.1) is 6.92 Å². The monoisotopic (exact) mass is 343 g/mol. The second-order valence-electron chi connectivity index (χ2n) is 5.01. The van der Waals surface area contributed by atoms with Gasteiger partial charge in [0.15, 0.2) is 0 Å². The number of benzene rings is 1. The van der Waals surface area contributed by atoms with Crippen molar-refractivity contribution in [3.05, 3.63) is 53.1 Å². The van der Waals surface area contributed by atoms with Gasteiger partial charge in [0, 0.05) is 23.8 Å². The van der Waals surface area contributed by atoms with Gasteiger partial charge in [-0.2, -0.15) is 0 Å². The Balaban J connectivity index is 1.80. The quantitative estimate of drug-likeness (QED) is 0.755. The third-order valence-corrected chi connectivity index (χ3v) is 3.40. The first-order chi connectivity index (χ1) is 11.5. The van der Waals surface area contributed by atoms with Crippen molar-refractivity contribution in [1.29, 1.82) is 0 Å². The Hall–Kier alpha value is -3.00. The van der Waals surface area contributed by atoms with E-state index in [0.717, 1.165) is 5.69 Å². The van der Waals surface area contributed by atoms with E-state index in [1.807, 2.05) is 12.1 Å². The van der Waals surface area contributed by atoms with Gasteiger partial charge in [-0.25, -0.2) is 14.6 Å². The van der Waals surface area contributed by atoms with Gasteiger partial charge in [-0.3, -0.25) is 4.79 Å². The lowest BCUT2D eigenvalue weighted by Crippen LogP contribution is -2.17. The Labute approximate surface area is 142 Å². The first-order valence-corrected chi connectivity index (χ1v) is 7.43. The molecule has 0 saturated heterocycles. The zero-order valence-corrected chi connectivity index (χ0v) is 13.7. The third kappa shape index (κ3) is 3.66. The summed E-state index contributed by atoms with van der Waals surface area (Å²) >= 11 is 5.87. The van der Waals surface area contributed by atoms with Crippen LogP contribution in [-0.2, 0) is 7.05 Å². The van der Waals surface area contributed by atoms with E-state index in [4.69, 9.17) is 11.6 Å². The minimum Gasteiger partial charge on any atom is -0.340 e. The third-order valence-electron chi connectivity index (χ3n) is 3.14. The number of hydrogen-bond donors (Lipinski definition) is 2. The molecule has 3 rings (SSSR count). The van der Waals surface area contributed by atoms with Crippen molar-refractivity contribution < 1.29 is 4.79 Å². The molecule has 0 aliphatic rings. The zero-order chi connectivity index (χ0) is 17.1. The van der Waals surface area contributed by atoms with Crippen LogP contribution in [0.1, 0.15) is 16.3 Å². The van der Waals surface area contributed by atoms with E-state index in [1.165, 1.54) is 10.9 Å². The molecule has 2 aromatic heterocycles. The van der Waals surface area contributed by atoms with E-state index in [2.05, 4.69) is 30.9 Å². The number of nitrogens with zero attached hydrogens (tertiary/aromatic N) is 5. The summed E-state index contributed by atoms with van der Waals surface area (Å²) in [6, 6.07) is 8.86. The Morgan fingerprint density at radius 1 is 1.17 bits per heavy atom. The van der Waals surface area contributed by atoms with Crippen molar-refractivity contribution in [2.24, 2.45) is 7.05 Å². The number of aromatic nitrogens is 5. The zero-order valence-electron chi connectivity index (χ0n) is 13.0. The Morgan fingerprint density at radius 3 is 2.54 bits per heavy atom. The van der Waals surface area contributed by atoms with Crippen molar-refractivity contribution in [2.75, 3.05) is 10.6 Å². The lowest BCUT2D eigenvalue weighted by Gasteiger charge is -2.09. The number of amides is 1. The van der Waals surface area contributed by atoms with Gasteiger partial charge >= 0.3 is 0 Å². The normalized spacial score (nSPS) is 10.5. The summed E-state index contributed by atoms with van der Waals surface area (Å²) in [5.41, 5.74) is 1.16. The summed E-state index contributed by atoms with van der Waals surface area (Å²) in [7, 11) is 1.64. The molecule has 0 aliphatic heterocycles. The molecule has 8 nitrogen and oxygen atoms in total. The van der Waals surface area contributed by atoms with Gasteiger partial charge in [0.1, 0.15) is 23.2 Å². The number of halogens is 1. The van der Waals surface area contributed by atoms with Crippen molar-refractivity contribution in [1.82, 2.24) is 25.0 Å². The molecule has 1 amide bonds. The number of hydrogen-bond acceptors (Lipinski definition) is 6. The predicted molar refractivity (Wildman–Crippen MR) is 90.5 cm³/mol. The number of rotatable bonds is 4. The highest BCUT2D eigenvalue weighted by atomic mass is 35.5. The highest BCUT2D eigenvalue weighted by Crippen LogP contribution is 2.19. The second kappa shape index (κ2) is 6.63. The van der Waals surface area contributed by atoms with Gasteiger partial charge in [-0.15, -0.1) is 5.10 Å². The van der Waals surface area contributed by atoms with Crippen LogP contribution in [-0.4, -0.2) is 30.9 Å². The highest BCUT2D eigenvalue weighted by molar-refractivity contribution is 6.30. The van der Waals surface area contributed by atoms with Crippen molar-refractivity contribution in [3.8, 4) is 0 Å². The average molecular weight is 344 g/mol. The van der Waals surface area contributed by atoms with Crippen LogP contribution in [0.15, 0.2) is 36.5 Å². The minimum atomic E-state index is -0.349. The van der Waals surface area contributed by atoms with Crippen molar-refractivity contribution >= 4 is 34.8 Å². The van der Waals surface area contributed by atoms with Crippen LogP contribution >= 0.6 is 11.6 Å². The summed E-state index contributed by atoms with van der Waals surface area (Å²) in [6.45, 7) is 1.74. The first-order valence-electron chi connectivity index (χ1n) is 7.05. The molecule has 0 atom stereocenters. The number of aryl methyl sites for hydroxylation is 2. The van der Waals surface area contributed by atoms with Gasteiger partial charge in [0.05, 0.1) is 6.20 Å². The molecule has 0 fully saturated rings. The Kier molecular flexibility index (Phi) is 4.39. The lowest BCUT2D eigenvalue weighted by molar-refractivity contribution is 0.101. The van der Waals surface area contributed by atoms with Gasteiger partial charge in [0.2, 0.25) is 0 Å². The SMILES string of the molecule is Cc1nc(NC(=O)c2cnnn2C)cc(Nc2ccc(Cl)cc2)n1. The molecule has 0 unspecified atom stereocenters. The van der Waals surface area contributed by atoms with Crippen LogP contribution in [0.5, 0.6) is 0 Å². The van der Waals surface area contributed by atoms with E-state index in [-0.39, 0.29) is 5.91 Å². The summed E-state index contributed by atoms with van der Waals surface area (Å²) in [6.07, 6.45) is 1.39. The molecule has 9 heteroatoms. The maximum absolute atomic E-state index is 12.2. The molecule has 2 heterocycles. The van der Waals surface area contributed by atoms with Crippen molar-refractivity contribution in [2.45, 2.75) is 6.92 Å². The maximum atomic E-state index is 12.2. The van der Waals surface area contributed by atoms with Crippen LogP contribution in [0.2, 0.25) is 5.02 Å². The lowest BCUT2D eigenvalue weighted by atomic mass is 10.3. The van der Waals surface area contributed by atoms with Crippen LogP contribution in [0.25, 0.3) is 0 Å². The number of nitrogens with one attached hydrogen (secondary N) is 2. The smallest absolute Gasteiger partial charge is 0.276 e. The molecule has 1 aromatic carbocycles. The minimum absolute atomic E-state index is 0.332. The first kappa shape index (κ1) is 15.9. The summed E-state index contributed by atoms with van der Waals surface area (Å²) in [5, 5.41) is 13.9. The largest absolute Gasteiger partial charge is 0.340 e. The van der Waals surface area contributed by atoms with Crippen molar-refractivity contribution in [3.63, 3.8) is 0 Å². The standard InChI is InChI=1S/C15H14ClN7O/c1-9-18-13(20-11-5-3-10(16)4-6-11)7-14(19-9)21-15(24)12-8-17-22-23(12)2/h3-8H,1-2H3,(H2,18,19,20,21,24). The van der Waals surface area contributed by atoms with Crippen LogP contribution < -0.4 is 10.6 Å². The second-order valence-corrected chi connectivity index (χ2v) is 5.45. The molecule has 0 spiro atoms. The number of carbonyl (C=O) groups excluding carboxylic acids is 1. The summed E-state index contributed by atoms with van der Waals surface area (Å²) in [4.78, 5) is 20.7. The van der Waals surface area contributed by atoms with Gasteiger partial charge in [-0.05, 0) is 31.2 Å². The molecule has 2 N–H and O–H groups in total. The fourth-order valence-electron chi connectivity index (χ4n) is 2.05. The fourth-order valence-corrected chi connectivity index (χ4v) is 2.18. The molecular formula is C15H14ClN7O. The van der Waals surface area contributed by atoms with Crippen LogP contribution in [0.3, 0.4) is 0 Å². The Morgan fingerprint density at radius 2 is 1.88 bits per heavy atom. The van der Waals surface area contributed by atoms with E-state index < -0.39 is 0 Å². The highest BCUT2D eigenvalue weighted by Gasteiger charge is 2.13. The van der Waals surface area contributed by atoms with E-state index >= 15 is 0 Å². The predicted octanol–water partition coefficient (Wildman–Crippen LogP) is 2.56. The van der Waals surface area contributed by atoms with Gasteiger partial charge < -0.3 is 10.6 Å². The summed E-state index contributed by atoms with van der Waals surface area (Å²) < 4.78 is 1.39. The van der Waals surface area contributed by atoms with E-state index in [9.17, 15) is 4.79 Å². The fraction of sp³-hybridized carbons (Fsp3) is 0.133. The molecule has 0 radical (unpaired) electrons. The molecule has 122 valence electrons. The molecule has 0 bridgehead atoms.